The Morgan fingerprint density at radius 3 is 2.21 bits per heavy atom. The summed E-state index contributed by atoms with van der Waals surface area (Å²) in [6, 6.07) is 0. The smallest absolute Gasteiger partial charge is 0.417 e. The second-order valence-corrected chi connectivity index (χ2v) is 3.10. The Morgan fingerprint density at radius 1 is 1.29 bits per heavy atom. The van der Waals surface area contributed by atoms with E-state index in [-0.39, 0.29) is 6.09 Å². The summed E-state index contributed by atoms with van der Waals surface area (Å²) in [7, 11) is 0. The third kappa shape index (κ3) is 2.49. The molecule has 1 heterocycles. The van der Waals surface area contributed by atoms with Gasteiger partial charge in [-0.25, -0.2) is 4.79 Å². The zero-order chi connectivity index (χ0) is 10.6. The van der Waals surface area contributed by atoms with Crippen molar-refractivity contribution in [1.29, 1.82) is 0 Å². The zero-order valence-electron chi connectivity index (χ0n) is 8.78. The Bertz CT molecular complexity index is 291. The quantitative estimate of drug-likeness (QED) is 0.640. The number of nitrogens with zero attached hydrogens (tertiary/aromatic N) is 1. The SMILES string of the molecule is CCOC(=O)N1C=CC(C)=C(C)C=C1. The molecular formula is C11H15NO2. The summed E-state index contributed by atoms with van der Waals surface area (Å²) in [6.45, 7) is 6.19. The van der Waals surface area contributed by atoms with E-state index in [1.165, 1.54) is 4.90 Å². The summed E-state index contributed by atoms with van der Waals surface area (Å²) in [4.78, 5) is 12.8. The Balaban J connectivity index is 2.75. The normalized spacial score (nSPS) is 15.8. The molecule has 0 atom stereocenters. The number of allylic oxidation sites excluding steroid dienone is 4. The van der Waals surface area contributed by atoms with E-state index in [1.807, 2.05) is 26.0 Å². The molecule has 14 heavy (non-hydrogen) atoms. The maximum absolute atomic E-state index is 11.3. The summed E-state index contributed by atoms with van der Waals surface area (Å²) in [5, 5.41) is 0. The van der Waals surface area contributed by atoms with Crippen LogP contribution in [0.15, 0.2) is 35.7 Å². The van der Waals surface area contributed by atoms with Crippen LogP contribution >= 0.6 is 0 Å². The van der Waals surface area contributed by atoms with Crippen LogP contribution in [-0.4, -0.2) is 17.6 Å². The van der Waals surface area contributed by atoms with Gasteiger partial charge in [-0.2, -0.15) is 0 Å². The summed E-state index contributed by atoms with van der Waals surface area (Å²) >= 11 is 0. The van der Waals surface area contributed by atoms with Crippen LogP contribution in [0.3, 0.4) is 0 Å². The van der Waals surface area contributed by atoms with Crippen LogP contribution in [0.25, 0.3) is 0 Å². The van der Waals surface area contributed by atoms with Gasteiger partial charge in [0.15, 0.2) is 0 Å². The highest BCUT2D eigenvalue weighted by atomic mass is 16.5. The number of hydrogen-bond donors (Lipinski definition) is 0. The number of carbonyl (C=O) groups is 1. The van der Waals surface area contributed by atoms with Crippen molar-refractivity contribution in [3.05, 3.63) is 35.7 Å². The van der Waals surface area contributed by atoms with Crippen molar-refractivity contribution >= 4 is 6.09 Å². The molecule has 76 valence electrons. The first kappa shape index (κ1) is 10.6. The molecule has 0 fully saturated rings. The van der Waals surface area contributed by atoms with E-state index >= 15 is 0 Å². The second-order valence-electron chi connectivity index (χ2n) is 3.10. The maximum atomic E-state index is 11.3. The lowest BCUT2D eigenvalue weighted by Gasteiger charge is -2.11. The fourth-order valence-electron chi connectivity index (χ4n) is 1.02. The first-order chi connectivity index (χ1) is 6.65. The maximum Gasteiger partial charge on any atom is 0.417 e. The van der Waals surface area contributed by atoms with Crippen molar-refractivity contribution in [2.75, 3.05) is 6.61 Å². The third-order valence-electron chi connectivity index (χ3n) is 2.07. The van der Waals surface area contributed by atoms with E-state index in [4.69, 9.17) is 4.74 Å². The second kappa shape index (κ2) is 4.65. The molecule has 1 amide bonds. The monoisotopic (exact) mass is 193 g/mol. The van der Waals surface area contributed by atoms with Gasteiger partial charge in [-0.3, -0.25) is 4.90 Å². The van der Waals surface area contributed by atoms with Gasteiger partial charge in [-0.15, -0.1) is 0 Å². The number of amides is 1. The minimum absolute atomic E-state index is 0.345. The molecule has 1 rings (SSSR count). The summed E-state index contributed by atoms with van der Waals surface area (Å²) in [6.07, 6.45) is 6.86. The van der Waals surface area contributed by atoms with E-state index in [9.17, 15) is 4.79 Å². The predicted octanol–water partition coefficient (Wildman–Crippen LogP) is 2.82. The van der Waals surface area contributed by atoms with Crippen LogP contribution in [-0.2, 0) is 4.74 Å². The average Bonchev–Trinajstić information content (AvgIpc) is 2.31. The van der Waals surface area contributed by atoms with Crippen LogP contribution in [0, 0.1) is 0 Å². The minimum atomic E-state index is -0.345. The van der Waals surface area contributed by atoms with E-state index in [1.54, 1.807) is 19.3 Å². The fraction of sp³-hybridized carbons (Fsp3) is 0.364. The van der Waals surface area contributed by atoms with Gasteiger partial charge in [0.25, 0.3) is 0 Å². The topological polar surface area (TPSA) is 29.5 Å². The van der Waals surface area contributed by atoms with Crippen molar-refractivity contribution in [2.45, 2.75) is 20.8 Å². The Morgan fingerprint density at radius 2 is 1.79 bits per heavy atom. The minimum Gasteiger partial charge on any atom is -0.449 e. The molecule has 0 aromatic carbocycles. The third-order valence-corrected chi connectivity index (χ3v) is 2.07. The van der Waals surface area contributed by atoms with Gasteiger partial charge >= 0.3 is 6.09 Å². The number of carbonyl (C=O) groups excluding carboxylic acids is 1. The zero-order valence-corrected chi connectivity index (χ0v) is 8.78. The molecule has 0 saturated heterocycles. The van der Waals surface area contributed by atoms with E-state index < -0.39 is 0 Å². The molecule has 0 aliphatic carbocycles. The molecule has 0 aromatic heterocycles. The fourth-order valence-corrected chi connectivity index (χ4v) is 1.02. The number of hydrogen-bond acceptors (Lipinski definition) is 2. The highest BCUT2D eigenvalue weighted by molar-refractivity contribution is 5.70. The summed E-state index contributed by atoms with van der Waals surface area (Å²) in [5.41, 5.74) is 2.29. The number of rotatable bonds is 1. The van der Waals surface area contributed by atoms with Gasteiger partial charge in [0.1, 0.15) is 0 Å². The van der Waals surface area contributed by atoms with Crippen LogP contribution in [0.4, 0.5) is 4.79 Å². The van der Waals surface area contributed by atoms with Gasteiger partial charge in [-0.05, 0) is 44.1 Å². The molecule has 0 saturated carbocycles. The average molecular weight is 193 g/mol. The molecule has 0 bridgehead atoms. The van der Waals surface area contributed by atoms with E-state index in [2.05, 4.69) is 0 Å². The van der Waals surface area contributed by atoms with Gasteiger partial charge in [0, 0.05) is 12.4 Å². The van der Waals surface area contributed by atoms with Crippen LogP contribution in [0.5, 0.6) is 0 Å². The first-order valence-corrected chi connectivity index (χ1v) is 4.64. The molecule has 1 aliphatic heterocycles. The predicted molar refractivity (Wildman–Crippen MR) is 55.5 cm³/mol. The van der Waals surface area contributed by atoms with Gasteiger partial charge in [0.2, 0.25) is 0 Å². The number of ether oxygens (including phenoxy) is 1. The molecule has 0 radical (unpaired) electrons. The highest BCUT2D eigenvalue weighted by Crippen LogP contribution is 2.12. The lowest BCUT2D eigenvalue weighted by molar-refractivity contribution is 0.133. The molecule has 1 aliphatic rings. The van der Waals surface area contributed by atoms with Crippen molar-refractivity contribution in [2.24, 2.45) is 0 Å². The Kier molecular flexibility index (Phi) is 3.51. The molecule has 0 aromatic rings. The van der Waals surface area contributed by atoms with Gasteiger partial charge in [-0.1, -0.05) is 0 Å². The van der Waals surface area contributed by atoms with Crippen molar-refractivity contribution in [3.8, 4) is 0 Å². The Hall–Kier alpha value is -1.51. The van der Waals surface area contributed by atoms with Crippen LogP contribution in [0.1, 0.15) is 20.8 Å². The molecule has 0 spiro atoms. The van der Waals surface area contributed by atoms with Gasteiger partial charge < -0.3 is 4.74 Å². The van der Waals surface area contributed by atoms with Crippen LogP contribution < -0.4 is 0 Å². The van der Waals surface area contributed by atoms with Crippen molar-refractivity contribution in [1.82, 2.24) is 4.90 Å². The molecule has 3 nitrogen and oxygen atoms in total. The standard InChI is InChI=1S/C11H15NO2/c1-4-14-11(13)12-7-5-9(2)10(3)6-8-12/h5-8H,4H2,1-3H3. The summed E-state index contributed by atoms with van der Waals surface area (Å²) in [5.74, 6) is 0. The molecule has 3 heteroatoms. The molecule has 0 N–H and O–H groups in total. The van der Waals surface area contributed by atoms with E-state index in [0.29, 0.717) is 6.61 Å². The summed E-state index contributed by atoms with van der Waals surface area (Å²) < 4.78 is 4.87. The first-order valence-electron chi connectivity index (χ1n) is 4.64. The van der Waals surface area contributed by atoms with Crippen molar-refractivity contribution in [3.63, 3.8) is 0 Å². The largest absolute Gasteiger partial charge is 0.449 e. The highest BCUT2D eigenvalue weighted by Gasteiger charge is 2.09. The lowest BCUT2D eigenvalue weighted by Crippen LogP contribution is -2.20. The van der Waals surface area contributed by atoms with Gasteiger partial charge in [0.05, 0.1) is 6.61 Å². The van der Waals surface area contributed by atoms with E-state index in [0.717, 1.165) is 11.1 Å². The van der Waals surface area contributed by atoms with Crippen molar-refractivity contribution < 1.29 is 9.53 Å². The van der Waals surface area contributed by atoms with Crippen LogP contribution in [0.2, 0.25) is 0 Å². The Labute approximate surface area is 84.3 Å². The molecular weight excluding hydrogens is 178 g/mol. The lowest BCUT2D eigenvalue weighted by atomic mass is 10.1. The molecule has 0 unspecified atom stereocenters.